The number of carboxylic acid groups (broad SMARTS) is 1. The molecule has 1 aliphatic heterocycles. The van der Waals surface area contributed by atoms with Gasteiger partial charge in [-0.1, -0.05) is 6.07 Å². The van der Waals surface area contributed by atoms with Crippen LogP contribution in [0.4, 0.5) is 5.69 Å². The molecule has 0 fully saturated rings. The van der Waals surface area contributed by atoms with Gasteiger partial charge in [-0.15, -0.1) is 11.3 Å². The fourth-order valence-corrected chi connectivity index (χ4v) is 3.98. The van der Waals surface area contributed by atoms with Gasteiger partial charge in [-0.25, -0.2) is 9.78 Å². The molecular formula is C18H14N4O6S. The Morgan fingerprint density at radius 2 is 2.14 bits per heavy atom. The summed E-state index contributed by atoms with van der Waals surface area (Å²) in [6, 6.07) is 5.09. The molecule has 11 heteroatoms. The monoisotopic (exact) mass is 414 g/mol. The zero-order chi connectivity index (χ0) is 20.7. The molecule has 4 N–H and O–H groups in total. The first-order chi connectivity index (χ1) is 13.8. The van der Waals surface area contributed by atoms with Crippen LogP contribution in [0.5, 0.6) is 5.75 Å². The summed E-state index contributed by atoms with van der Waals surface area (Å²) >= 11 is 0.843. The van der Waals surface area contributed by atoms with Crippen LogP contribution in [-0.4, -0.2) is 39.5 Å². The lowest BCUT2D eigenvalue weighted by Crippen LogP contribution is -2.28. The molecule has 2 amide bonds. The van der Waals surface area contributed by atoms with Gasteiger partial charge in [-0.05, 0) is 30.2 Å². The van der Waals surface area contributed by atoms with Gasteiger partial charge in [0, 0.05) is 6.54 Å². The lowest BCUT2D eigenvalue weighted by Gasteiger charge is -2.18. The van der Waals surface area contributed by atoms with Gasteiger partial charge < -0.3 is 25.5 Å². The van der Waals surface area contributed by atoms with Crippen molar-refractivity contribution in [2.45, 2.75) is 13.5 Å². The summed E-state index contributed by atoms with van der Waals surface area (Å²) in [6.07, 6.45) is 0. The summed E-state index contributed by atoms with van der Waals surface area (Å²) in [5, 5.41) is 14.7. The quantitative estimate of drug-likeness (QED) is 0.502. The Hall–Kier alpha value is -3.73. The number of aromatic amines is 1. The number of carbonyl (C=O) groups is 3. The number of benzene rings is 1. The van der Waals surface area contributed by atoms with E-state index in [1.165, 1.54) is 6.92 Å². The molecule has 1 aromatic carbocycles. The number of aromatic nitrogens is 2. The standard InChI is InChI=1S/C18H14N4O6S/c1-7-12-15(24)21-14(22-17(12)29-13(7)18(26)27)16(25)19-5-8-2-3-10-9(4-8)20-11(23)6-28-10/h2-4H,5-6H2,1H3,(H,19,25)(H,20,23)(H,26,27)(H,21,22,24). The van der Waals surface area contributed by atoms with E-state index in [-0.39, 0.29) is 40.0 Å². The zero-order valence-electron chi connectivity index (χ0n) is 15.0. The predicted octanol–water partition coefficient (Wildman–Crippen LogP) is 1.25. The summed E-state index contributed by atoms with van der Waals surface area (Å²) in [7, 11) is 0. The van der Waals surface area contributed by atoms with E-state index in [4.69, 9.17) is 4.74 Å². The van der Waals surface area contributed by atoms with Crippen LogP contribution < -0.4 is 20.9 Å². The number of aromatic carboxylic acids is 1. The van der Waals surface area contributed by atoms with Crippen LogP contribution in [0.25, 0.3) is 10.2 Å². The maximum Gasteiger partial charge on any atom is 0.346 e. The molecule has 3 heterocycles. The topological polar surface area (TPSA) is 150 Å². The highest BCUT2D eigenvalue weighted by atomic mass is 32.1. The van der Waals surface area contributed by atoms with Crippen LogP contribution >= 0.6 is 11.3 Å². The molecule has 0 radical (unpaired) electrons. The molecule has 2 aromatic heterocycles. The van der Waals surface area contributed by atoms with Gasteiger partial charge in [0.2, 0.25) is 5.82 Å². The van der Waals surface area contributed by atoms with E-state index in [2.05, 4.69) is 20.6 Å². The van der Waals surface area contributed by atoms with Crippen LogP contribution in [0.3, 0.4) is 0 Å². The zero-order valence-corrected chi connectivity index (χ0v) is 15.8. The van der Waals surface area contributed by atoms with E-state index in [1.54, 1.807) is 18.2 Å². The van der Waals surface area contributed by atoms with Crippen molar-refractivity contribution in [1.29, 1.82) is 0 Å². The van der Waals surface area contributed by atoms with E-state index in [0.29, 0.717) is 22.6 Å². The minimum absolute atomic E-state index is 0.00823. The number of aryl methyl sites for hydroxylation is 1. The van der Waals surface area contributed by atoms with Crippen molar-refractivity contribution in [3.05, 3.63) is 50.4 Å². The molecule has 4 rings (SSSR count). The number of nitrogens with zero attached hydrogens (tertiary/aromatic N) is 1. The maximum absolute atomic E-state index is 12.4. The van der Waals surface area contributed by atoms with Gasteiger partial charge in [0.05, 0.1) is 11.1 Å². The number of anilines is 1. The van der Waals surface area contributed by atoms with E-state index in [0.717, 1.165) is 11.3 Å². The number of hydrogen-bond acceptors (Lipinski definition) is 7. The Kier molecular flexibility index (Phi) is 4.51. The first kappa shape index (κ1) is 18.6. The summed E-state index contributed by atoms with van der Waals surface area (Å²) in [6.45, 7) is 1.60. The summed E-state index contributed by atoms with van der Waals surface area (Å²) in [5.74, 6) is -1.71. The largest absolute Gasteiger partial charge is 0.482 e. The third kappa shape index (κ3) is 3.43. The Morgan fingerprint density at radius 3 is 2.90 bits per heavy atom. The highest BCUT2D eigenvalue weighted by molar-refractivity contribution is 7.20. The van der Waals surface area contributed by atoms with Gasteiger partial charge in [0.15, 0.2) is 6.61 Å². The molecular weight excluding hydrogens is 400 g/mol. The summed E-state index contributed by atoms with van der Waals surface area (Å²) < 4.78 is 5.28. The number of nitrogens with one attached hydrogen (secondary N) is 3. The Balaban J connectivity index is 1.55. The van der Waals surface area contributed by atoms with E-state index in [1.807, 2.05) is 0 Å². The van der Waals surface area contributed by atoms with Crippen molar-refractivity contribution in [3.8, 4) is 5.75 Å². The molecule has 0 bridgehead atoms. The fourth-order valence-electron chi connectivity index (χ4n) is 2.96. The van der Waals surface area contributed by atoms with E-state index >= 15 is 0 Å². The van der Waals surface area contributed by atoms with Gasteiger partial charge in [0.25, 0.3) is 17.4 Å². The van der Waals surface area contributed by atoms with Crippen molar-refractivity contribution < 1.29 is 24.2 Å². The van der Waals surface area contributed by atoms with Crippen LogP contribution in [0.15, 0.2) is 23.0 Å². The first-order valence-electron chi connectivity index (χ1n) is 8.44. The van der Waals surface area contributed by atoms with Gasteiger partial charge in [0.1, 0.15) is 15.5 Å². The molecule has 0 unspecified atom stereocenters. The van der Waals surface area contributed by atoms with Crippen LogP contribution in [0, 0.1) is 6.92 Å². The lowest BCUT2D eigenvalue weighted by atomic mass is 10.1. The number of rotatable bonds is 4. The highest BCUT2D eigenvalue weighted by Gasteiger charge is 2.21. The SMILES string of the molecule is Cc1c(C(=O)O)sc2nc(C(=O)NCc3ccc4c(c3)NC(=O)CO4)[nH]c(=O)c12. The average Bonchev–Trinajstić information content (AvgIpc) is 3.03. The number of amides is 2. The van der Waals surface area contributed by atoms with Crippen molar-refractivity contribution >= 4 is 45.0 Å². The normalized spacial score (nSPS) is 12.8. The van der Waals surface area contributed by atoms with Gasteiger partial charge >= 0.3 is 5.97 Å². The molecule has 148 valence electrons. The van der Waals surface area contributed by atoms with E-state index < -0.39 is 17.4 Å². The minimum Gasteiger partial charge on any atom is -0.482 e. The molecule has 0 saturated carbocycles. The van der Waals surface area contributed by atoms with Crippen LogP contribution in [-0.2, 0) is 11.3 Å². The second-order valence-electron chi connectivity index (χ2n) is 6.31. The van der Waals surface area contributed by atoms with Crippen molar-refractivity contribution in [2.75, 3.05) is 11.9 Å². The minimum atomic E-state index is -1.15. The lowest BCUT2D eigenvalue weighted by molar-refractivity contribution is -0.118. The molecule has 0 atom stereocenters. The van der Waals surface area contributed by atoms with Gasteiger partial charge in [-0.3, -0.25) is 14.4 Å². The Morgan fingerprint density at radius 1 is 1.34 bits per heavy atom. The highest BCUT2D eigenvalue weighted by Crippen LogP contribution is 2.29. The van der Waals surface area contributed by atoms with E-state index in [9.17, 15) is 24.3 Å². The molecule has 29 heavy (non-hydrogen) atoms. The molecule has 0 saturated heterocycles. The second kappa shape index (κ2) is 7.02. The number of fused-ring (bicyclic) bond motifs is 2. The van der Waals surface area contributed by atoms with Crippen molar-refractivity contribution in [2.24, 2.45) is 0 Å². The number of thiophene rings is 1. The number of H-pyrrole nitrogens is 1. The molecule has 0 aliphatic carbocycles. The second-order valence-corrected chi connectivity index (χ2v) is 7.31. The first-order valence-corrected chi connectivity index (χ1v) is 9.25. The van der Waals surface area contributed by atoms with Crippen molar-refractivity contribution in [3.63, 3.8) is 0 Å². The summed E-state index contributed by atoms with van der Waals surface area (Å²) in [4.78, 5) is 54.1. The molecule has 3 aromatic rings. The third-order valence-corrected chi connectivity index (χ3v) is 5.51. The Bertz CT molecular complexity index is 1250. The van der Waals surface area contributed by atoms with Gasteiger partial charge in [-0.2, -0.15) is 0 Å². The third-order valence-electron chi connectivity index (χ3n) is 4.34. The number of carboxylic acids is 1. The number of carbonyl (C=O) groups excluding carboxylic acids is 2. The molecule has 10 nitrogen and oxygen atoms in total. The van der Waals surface area contributed by atoms with Crippen molar-refractivity contribution in [1.82, 2.24) is 15.3 Å². The van der Waals surface area contributed by atoms with Crippen LogP contribution in [0.2, 0.25) is 0 Å². The van der Waals surface area contributed by atoms with Crippen LogP contribution in [0.1, 0.15) is 31.4 Å². The molecule has 0 spiro atoms. The number of hydrogen-bond donors (Lipinski definition) is 4. The smallest absolute Gasteiger partial charge is 0.346 e. The Labute approximate surface area is 166 Å². The summed E-state index contributed by atoms with van der Waals surface area (Å²) in [5.41, 5.74) is 0.953. The average molecular weight is 414 g/mol. The molecule has 1 aliphatic rings. The number of ether oxygens (including phenoxy) is 1. The fraction of sp³-hybridized carbons (Fsp3) is 0.167. The maximum atomic E-state index is 12.4. The predicted molar refractivity (Wildman–Crippen MR) is 104 cm³/mol.